The molecule has 87 heavy (non-hydrogen) atoms. The highest BCUT2D eigenvalue weighted by Gasteiger charge is 2.70. The van der Waals surface area contributed by atoms with Crippen LogP contribution in [0.1, 0.15) is 202 Å². The Balaban J connectivity index is 0.000000106. The minimum atomic E-state index is 0.297. The highest BCUT2D eigenvalue weighted by atomic mass is 35.5. The topological polar surface area (TPSA) is 146 Å². The zero-order valence-electron chi connectivity index (χ0n) is 50.4. The maximum Gasteiger partial charge on any atom is 0.151 e. The molecule has 450 valence electrons. The van der Waals surface area contributed by atoms with Gasteiger partial charge in [0.05, 0.1) is 36.1 Å². The third-order valence-electron chi connectivity index (χ3n) is 22.0. The molecule has 21 rings (SSSR count). The van der Waals surface area contributed by atoms with Crippen molar-refractivity contribution in [3.05, 3.63) is 194 Å². The number of rotatable bonds is 12. The van der Waals surface area contributed by atoms with Crippen molar-refractivity contribution in [2.75, 3.05) is 0 Å². The Morgan fingerprint density at radius 2 is 0.690 bits per heavy atom. The number of aryl methyl sites for hydroxylation is 6. The van der Waals surface area contributed by atoms with Crippen molar-refractivity contribution in [2.24, 2.45) is 16.2 Å². The van der Waals surface area contributed by atoms with Crippen LogP contribution in [0.3, 0.4) is 0 Å². The Kier molecular flexibility index (Phi) is 13.6. The van der Waals surface area contributed by atoms with E-state index in [4.69, 9.17) is 65.1 Å². The summed E-state index contributed by atoms with van der Waals surface area (Å²) in [4.78, 5) is 28.5. The SMILES string of the molecule is Cc1cn(C23CC(Cc4nc5n(n4)CCCCC5c4cccc(Cl)c4)(C2)C3)cn1.Cc1cn(C23CC(Cc4nc5n(n4)CCCC[C@@H]5c4cccc(Cl)c4)(C2)C3)cn1.Cc1cn(C23CC(Cc4nc5n(n4)CCCC[C@H]5c4cccc(Cl)c4)(C2)C3)cn1. The molecule has 1 unspecified atom stereocenters. The summed E-state index contributed by atoms with van der Waals surface area (Å²) in [5.41, 5.74) is 9.27. The Morgan fingerprint density at radius 3 is 0.943 bits per heavy atom. The summed E-state index contributed by atoms with van der Waals surface area (Å²) < 4.78 is 13.6. The number of fused-ring (bicyclic) bond motifs is 3. The summed E-state index contributed by atoms with van der Waals surface area (Å²) in [6.07, 6.45) is 37.2. The quantitative estimate of drug-likeness (QED) is 0.117. The number of imidazole rings is 3. The molecule has 0 N–H and O–H groups in total. The Labute approximate surface area is 524 Å². The van der Waals surface area contributed by atoms with Crippen molar-refractivity contribution in [3.63, 3.8) is 0 Å². The molecule has 9 saturated carbocycles. The molecule has 6 bridgehead atoms. The molecule has 0 spiro atoms. The van der Waals surface area contributed by atoms with Gasteiger partial charge in [-0.15, -0.1) is 0 Å². The second-order valence-electron chi connectivity index (χ2n) is 28.7. The average Bonchev–Trinajstić information content (AvgIpc) is 1.54. The molecule has 0 amide bonds. The molecule has 9 heterocycles. The molecule has 15 nitrogen and oxygen atoms in total. The van der Waals surface area contributed by atoms with Gasteiger partial charge < -0.3 is 13.7 Å². The van der Waals surface area contributed by atoms with E-state index in [-0.39, 0.29) is 0 Å². The summed E-state index contributed by atoms with van der Waals surface area (Å²) in [6.45, 7) is 9.13. The van der Waals surface area contributed by atoms with Crippen molar-refractivity contribution >= 4 is 34.8 Å². The van der Waals surface area contributed by atoms with E-state index >= 15 is 0 Å². The summed E-state index contributed by atoms with van der Waals surface area (Å²) in [5.74, 6) is 7.38. The number of nitrogens with zero attached hydrogens (tertiary/aromatic N) is 15. The molecule has 6 aromatic heterocycles. The van der Waals surface area contributed by atoms with Crippen LogP contribution in [0.25, 0.3) is 0 Å². The summed E-state index contributed by atoms with van der Waals surface area (Å²) in [5, 5.41) is 17.3. The first kappa shape index (κ1) is 55.9. The van der Waals surface area contributed by atoms with E-state index in [1.807, 2.05) is 55.4 Å². The van der Waals surface area contributed by atoms with E-state index in [9.17, 15) is 0 Å². The molecular formula is C69H78Cl3N15. The zero-order chi connectivity index (χ0) is 58.9. The van der Waals surface area contributed by atoms with Gasteiger partial charge in [0, 0.05) is 107 Å². The van der Waals surface area contributed by atoms with Gasteiger partial charge in [0.1, 0.15) is 17.5 Å². The Bertz CT molecular complexity index is 3590. The van der Waals surface area contributed by atoms with Gasteiger partial charge in [-0.1, -0.05) is 90.5 Å². The second kappa shape index (κ2) is 21.1. The fourth-order valence-electron chi connectivity index (χ4n) is 18.3. The molecule has 0 radical (unpaired) electrons. The van der Waals surface area contributed by atoms with Crippen LogP contribution in [0.4, 0.5) is 0 Å². The third kappa shape index (κ3) is 10.0. The number of aromatic nitrogens is 15. The average molecular weight is 1220 g/mol. The highest BCUT2D eigenvalue weighted by Crippen LogP contribution is 2.74. The predicted octanol–water partition coefficient (Wildman–Crippen LogP) is 14.6. The first-order chi connectivity index (χ1) is 42.1. The lowest BCUT2D eigenvalue weighted by molar-refractivity contribution is -0.187. The molecule has 0 saturated heterocycles. The minimum absolute atomic E-state index is 0.297. The van der Waals surface area contributed by atoms with E-state index in [2.05, 4.69) is 118 Å². The third-order valence-corrected chi connectivity index (χ3v) is 22.7. The Morgan fingerprint density at radius 1 is 0.402 bits per heavy atom. The van der Waals surface area contributed by atoms with Crippen molar-refractivity contribution in [2.45, 2.75) is 210 Å². The summed E-state index contributed by atoms with van der Waals surface area (Å²) in [6, 6.07) is 24.8. The van der Waals surface area contributed by atoms with Crippen molar-refractivity contribution in [3.8, 4) is 0 Å². The van der Waals surface area contributed by atoms with E-state index in [0.29, 0.717) is 50.6 Å². The van der Waals surface area contributed by atoms with Gasteiger partial charge in [-0.3, -0.25) is 0 Å². The maximum absolute atomic E-state index is 6.27. The molecular weight excluding hydrogens is 1150 g/mol. The molecule has 9 aliphatic carbocycles. The number of hydrogen-bond donors (Lipinski definition) is 0. The minimum Gasteiger partial charge on any atom is -0.331 e. The first-order valence-corrected chi connectivity index (χ1v) is 33.4. The van der Waals surface area contributed by atoms with Gasteiger partial charge in [-0.05, 0) is 186 Å². The lowest BCUT2D eigenvalue weighted by atomic mass is 9.38. The second-order valence-corrected chi connectivity index (χ2v) is 30.0. The lowest BCUT2D eigenvalue weighted by Crippen LogP contribution is -2.68. The van der Waals surface area contributed by atoms with Gasteiger partial charge >= 0.3 is 0 Å². The van der Waals surface area contributed by atoms with E-state index in [1.54, 1.807) is 0 Å². The van der Waals surface area contributed by atoms with Gasteiger partial charge in [-0.2, -0.15) is 15.3 Å². The van der Waals surface area contributed by atoms with Crippen molar-refractivity contribution < 1.29 is 0 Å². The number of hydrogen-bond acceptors (Lipinski definition) is 9. The molecule has 3 aromatic carbocycles. The molecule has 12 aliphatic rings. The van der Waals surface area contributed by atoms with Crippen LogP contribution in [-0.2, 0) is 55.5 Å². The zero-order valence-corrected chi connectivity index (χ0v) is 52.7. The maximum atomic E-state index is 6.27. The Hall–Kier alpha value is -6.42. The van der Waals surface area contributed by atoms with Gasteiger partial charge in [0.15, 0.2) is 17.5 Å². The standard InChI is InChI=1S/3C23H26ClN5/c3*1-16-11-28(15-25-16)23-12-22(13-23,14-23)10-20-26-21-19(7-2-3-8-29(21)27-20)17-5-4-6-18(24)9-17/h3*4-6,9,11,15,19H,2-3,7-8,10,12-14H2,1H3/t2*19-,22?,23?;/m10./s1. The highest BCUT2D eigenvalue weighted by molar-refractivity contribution is 6.31. The smallest absolute Gasteiger partial charge is 0.151 e. The van der Waals surface area contributed by atoms with E-state index < -0.39 is 0 Å². The van der Waals surface area contributed by atoms with Crippen LogP contribution in [-0.4, -0.2) is 72.9 Å². The van der Waals surface area contributed by atoms with Gasteiger partial charge in [-0.25, -0.2) is 43.9 Å². The van der Waals surface area contributed by atoms with E-state index in [0.717, 1.165) is 125 Å². The van der Waals surface area contributed by atoms with Crippen LogP contribution in [0, 0.1) is 37.0 Å². The van der Waals surface area contributed by atoms with Crippen LogP contribution < -0.4 is 0 Å². The number of halogens is 3. The summed E-state index contributed by atoms with van der Waals surface area (Å²) in [7, 11) is 0. The molecule has 9 aromatic rings. The van der Waals surface area contributed by atoms with Crippen molar-refractivity contribution in [1.29, 1.82) is 0 Å². The predicted molar refractivity (Wildman–Crippen MR) is 336 cm³/mol. The van der Waals surface area contributed by atoms with Crippen LogP contribution >= 0.6 is 34.8 Å². The fraction of sp³-hybridized carbons (Fsp3) is 0.522. The largest absolute Gasteiger partial charge is 0.331 e. The first-order valence-electron chi connectivity index (χ1n) is 32.2. The molecule has 3 aliphatic heterocycles. The molecule has 9 fully saturated rings. The monoisotopic (exact) mass is 1220 g/mol. The van der Waals surface area contributed by atoms with E-state index in [1.165, 1.54) is 113 Å². The molecule has 3 atom stereocenters. The van der Waals surface area contributed by atoms with Crippen LogP contribution in [0.15, 0.2) is 110 Å². The fourth-order valence-corrected chi connectivity index (χ4v) is 18.9. The summed E-state index contributed by atoms with van der Waals surface area (Å²) >= 11 is 18.8. The van der Waals surface area contributed by atoms with Gasteiger partial charge in [0.25, 0.3) is 0 Å². The van der Waals surface area contributed by atoms with Crippen LogP contribution in [0.2, 0.25) is 15.1 Å². The van der Waals surface area contributed by atoms with Gasteiger partial charge in [0.2, 0.25) is 0 Å². The normalized spacial score (nSPS) is 30.2. The lowest BCUT2D eigenvalue weighted by Gasteiger charge is -2.71. The van der Waals surface area contributed by atoms with Crippen molar-refractivity contribution in [1.82, 2.24) is 72.9 Å². The van der Waals surface area contributed by atoms with Crippen LogP contribution in [0.5, 0.6) is 0 Å². The molecule has 18 heteroatoms. The number of benzene rings is 3.